The van der Waals surface area contributed by atoms with Gasteiger partial charge in [-0.3, -0.25) is 0 Å². The molecule has 0 rings (SSSR count). The molecule has 10 nitrogen and oxygen atoms in total. The standard InChI is InChI=1S/C12H28N6O4.2Na/c1-3-9-15(17(21)13-19)11-7-5-6-8-12-16(10-4-2)18(22)14-20;;/h19-20H,3-12H2,1-2H3;;/q;2*+1. The van der Waals surface area contributed by atoms with Gasteiger partial charge >= 0.3 is 59.1 Å². The van der Waals surface area contributed by atoms with Gasteiger partial charge in [-0.2, -0.15) is 0 Å². The molecule has 0 aliphatic rings. The van der Waals surface area contributed by atoms with Crippen LogP contribution in [0.2, 0.25) is 0 Å². The molecule has 0 saturated heterocycles. The van der Waals surface area contributed by atoms with Gasteiger partial charge in [-0.05, 0) is 25.7 Å². The van der Waals surface area contributed by atoms with Gasteiger partial charge in [0.15, 0.2) is 0 Å². The maximum Gasteiger partial charge on any atom is 1.00 e. The van der Waals surface area contributed by atoms with Crippen LogP contribution >= 0.6 is 0 Å². The fourth-order valence-electron chi connectivity index (χ4n) is 2.14. The Bertz CT molecular complexity index is 318. The largest absolute Gasteiger partial charge is 1.00 e. The van der Waals surface area contributed by atoms with Crippen molar-refractivity contribution in [2.24, 2.45) is 10.6 Å². The first-order chi connectivity index (χ1) is 10.6. The van der Waals surface area contributed by atoms with Crippen LogP contribution in [0, 0.1) is 10.4 Å². The van der Waals surface area contributed by atoms with Gasteiger partial charge in [-0.25, -0.2) is 0 Å². The minimum atomic E-state index is 0. The molecule has 130 valence electrons. The maximum atomic E-state index is 11.2. The van der Waals surface area contributed by atoms with Crippen molar-refractivity contribution in [2.45, 2.75) is 52.4 Å². The molecule has 0 unspecified atom stereocenters. The van der Waals surface area contributed by atoms with E-state index in [1.807, 2.05) is 13.8 Å². The zero-order valence-corrected chi connectivity index (χ0v) is 19.5. The summed E-state index contributed by atoms with van der Waals surface area (Å²) in [6, 6.07) is 0. The summed E-state index contributed by atoms with van der Waals surface area (Å²) in [5.41, 5.74) is 0. The predicted octanol–water partition coefficient (Wildman–Crippen LogP) is -3.49. The van der Waals surface area contributed by atoms with Crippen LogP contribution in [-0.2, 0) is 0 Å². The summed E-state index contributed by atoms with van der Waals surface area (Å²) in [4.78, 5) is 0.426. The second-order valence-corrected chi connectivity index (χ2v) is 5.01. The normalized spacial score (nSPS) is 11.4. The molecular weight excluding hydrogens is 338 g/mol. The number of hydrazine groups is 2. The fourth-order valence-corrected chi connectivity index (χ4v) is 2.14. The summed E-state index contributed by atoms with van der Waals surface area (Å²) in [5.74, 6) is 0. The molecule has 0 heterocycles. The molecule has 0 amide bonds. The van der Waals surface area contributed by atoms with Gasteiger partial charge in [0, 0.05) is 0 Å². The van der Waals surface area contributed by atoms with Crippen LogP contribution in [0.25, 0.3) is 0 Å². The van der Waals surface area contributed by atoms with Crippen molar-refractivity contribution >= 4 is 0 Å². The van der Waals surface area contributed by atoms with Crippen LogP contribution in [0.15, 0.2) is 10.6 Å². The van der Waals surface area contributed by atoms with E-state index in [-0.39, 0.29) is 69.1 Å². The quantitative estimate of drug-likeness (QED) is 0.115. The summed E-state index contributed by atoms with van der Waals surface area (Å²) in [6.45, 7) is 6.03. The van der Waals surface area contributed by atoms with E-state index in [2.05, 4.69) is 10.6 Å². The van der Waals surface area contributed by atoms with E-state index in [1.165, 1.54) is 10.0 Å². The van der Waals surface area contributed by atoms with Crippen LogP contribution < -0.4 is 59.1 Å². The first-order valence-corrected chi connectivity index (χ1v) is 7.74. The summed E-state index contributed by atoms with van der Waals surface area (Å²) < 4.78 is 0. The molecule has 0 aromatic heterocycles. The molecule has 0 fully saturated rings. The molecule has 0 atom stereocenters. The topological polar surface area (TPSA) is 124 Å². The van der Waals surface area contributed by atoms with Gasteiger partial charge in [0.05, 0.1) is 36.1 Å². The summed E-state index contributed by atoms with van der Waals surface area (Å²) >= 11 is 0. The zero-order chi connectivity index (χ0) is 16.8. The molecule has 0 saturated carbocycles. The van der Waals surface area contributed by atoms with Gasteiger partial charge < -0.3 is 20.8 Å². The Kier molecular flexibility index (Phi) is 23.2. The monoisotopic (exact) mass is 366 g/mol. The van der Waals surface area contributed by atoms with E-state index in [0.717, 1.165) is 38.5 Å². The Balaban J connectivity index is -0.00000220. The molecule has 24 heavy (non-hydrogen) atoms. The molecule has 0 aromatic carbocycles. The fraction of sp³-hybridized carbons (Fsp3) is 1.00. The van der Waals surface area contributed by atoms with Crippen molar-refractivity contribution in [3.8, 4) is 0 Å². The molecule has 0 radical (unpaired) electrons. The predicted molar refractivity (Wildman–Crippen MR) is 77.9 cm³/mol. The average Bonchev–Trinajstić information content (AvgIpc) is 2.54. The van der Waals surface area contributed by atoms with Gasteiger partial charge in [0.1, 0.15) is 0 Å². The van der Waals surface area contributed by atoms with E-state index in [9.17, 15) is 10.4 Å². The molecule has 2 N–H and O–H groups in total. The Morgan fingerprint density at radius 2 is 1.04 bits per heavy atom. The van der Waals surface area contributed by atoms with E-state index in [4.69, 9.17) is 10.4 Å². The van der Waals surface area contributed by atoms with Crippen LogP contribution in [0.5, 0.6) is 0 Å². The van der Waals surface area contributed by atoms with Crippen molar-refractivity contribution in [1.29, 1.82) is 0 Å². The van der Waals surface area contributed by atoms with Crippen LogP contribution in [0.3, 0.4) is 0 Å². The molecule has 0 aromatic rings. The first kappa shape index (κ1) is 28.8. The van der Waals surface area contributed by atoms with Crippen LogP contribution in [0.4, 0.5) is 0 Å². The Morgan fingerprint density at radius 3 is 1.29 bits per heavy atom. The van der Waals surface area contributed by atoms with Gasteiger partial charge in [0.25, 0.3) is 0 Å². The SMILES string of the molecule is CCCN(CCCCCCN(CCC)[N+]([O-])=NO)[N+]([O-])=NO.[Na+].[Na+]. The third-order valence-corrected chi connectivity index (χ3v) is 3.18. The van der Waals surface area contributed by atoms with E-state index < -0.39 is 0 Å². The first-order valence-electron chi connectivity index (χ1n) is 7.74. The molecule has 0 spiro atoms. The number of hydrogen-bond acceptors (Lipinski definition) is 4. The summed E-state index contributed by atoms with van der Waals surface area (Å²) in [5, 5.41) is 47.6. The second kappa shape index (κ2) is 19.3. The molecule has 0 bridgehead atoms. The maximum absolute atomic E-state index is 11.2. The zero-order valence-electron chi connectivity index (χ0n) is 15.5. The van der Waals surface area contributed by atoms with Crippen molar-refractivity contribution in [1.82, 2.24) is 10.0 Å². The van der Waals surface area contributed by atoms with Crippen LogP contribution in [0.1, 0.15) is 52.4 Å². The van der Waals surface area contributed by atoms with Crippen molar-refractivity contribution < 1.29 is 79.5 Å². The van der Waals surface area contributed by atoms with Crippen LogP contribution in [-0.4, -0.2) is 56.6 Å². The third-order valence-electron chi connectivity index (χ3n) is 3.18. The van der Waals surface area contributed by atoms with Crippen molar-refractivity contribution in [3.63, 3.8) is 0 Å². The molecule has 12 heteroatoms. The Hall–Kier alpha value is 0.000000000000000222. The second-order valence-electron chi connectivity index (χ2n) is 5.01. The number of nitrogens with zero attached hydrogens (tertiary/aromatic N) is 6. The van der Waals surface area contributed by atoms with E-state index >= 15 is 0 Å². The molecule has 0 aliphatic carbocycles. The Labute approximate surface area is 187 Å². The average molecular weight is 366 g/mol. The minimum Gasteiger partial charge on any atom is -0.569 e. The number of unbranched alkanes of at least 4 members (excludes halogenated alkanes) is 3. The number of rotatable bonds is 13. The smallest absolute Gasteiger partial charge is 0.569 e. The van der Waals surface area contributed by atoms with Gasteiger partial charge in [-0.15, -0.1) is 10.0 Å². The molecule has 0 aliphatic heterocycles. The van der Waals surface area contributed by atoms with Gasteiger partial charge in [0.2, 0.25) is 10.6 Å². The summed E-state index contributed by atoms with van der Waals surface area (Å²) in [6.07, 6.45) is 4.98. The van der Waals surface area contributed by atoms with E-state index in [1.54, 1.807) is 0 Å². The third kappa shape index (κ3) is 13.3. The minimum absolute atomic E-state index is 0. The number of hydrogen-bond donors (Lipinski definition) is 2. The van der Waals surface area contributed by atoms with Gasteiger partial charge in [-0.1, -0.05) is 26.7 Å². The van der Waals surface area contributed by atoms with Crippen molar-refractivity contribution in [3.05, 3.63) is 10.4 Å². The summed E-state index contributed by atoms with van der Waals surface area (Å²) in [7, 11) is 0. The molecular formula is C12H28N6Na2O4+2. The van der Waals surface area contributed by atoms with E-state index in [0.29, 0.717) is 26.2 Å². The Morgan fingerprint density at radius 1 is 0.708 bits per heavy atom. The van der Waals surface area contributed by atoms with Crippen molar-refractivity contribution in [2.75, 3.05) is 26.2 Å².